The quantitative estimate of drug-likeness (QED) is 0.392. The van der Waals surface area contributed by atoms with Gasteiger partial charge in [0.25, 0.3) is 35.4 Å². The predicted molar refractivity (Wildman–Crippen MR) is 106 cm³/mol. The van der Waals surface area contributed by atoms with Gasteiger partial charge in [-0.05, 0) is 19.3 Å². The number of hydroxylamine groups is 6. The summed E-state index contributed by atoms with van der Waals surface area (Å²) in [7, 11) is 0. The summed E-state index contributed by atoms with van der Waals surface area (Å²) in [6.07, 6.45) is -1.62. The Morgan fingerprint density at radius 1 is 0.444 bits per heavy atom. The van der Waals surface area contributed by atoms with Gasteiger partial charge in [-0.1, -0.05) is 0 Å². The third-order valence-electron chi connectivity index (χ3n) is 6.27. The summed E-state index contributed by atoms with van der Waals surface area (Å²) in [4.78, 5) is 124. The summed E-state index contributed by atoms with van der Waals surface area (Å²) < 4.78 is 0. The molecule has 15 nitrogen and oxygen atoms in total. The Hall–Kier alpha value is -4.17. The number of amides is 6. The van der Waals surface area contributed by atoms with Gasteiger partial charge in [0.15, 0.2) is 0 Å². The maximum Gasteiger partial charge on any atom is 0.336 e. The van der Waals surface area contributed by atoms with Crippen molar-refractivity contribution in [2.45, 2.75) is 57.8 Å². The van der Waals surface area contributed by atoms with E-state index in [2.05, 4.69) is 0 Å². The second-order valence-electron chi connectivity index (χ2n) is 8.77. The third kappa shape index (κ3) is 4.94. The molecule has 0 atom stereocenters. The van der Waals surface area contributed by atoms with Crippen LogP contribution in [0.15, 0.2) is 0 Å². The van der Waals surface area contributed by atoms with Crippen molar-refractivity contribution in [1.82, 2.24) is 15.2 Å². The molecule has 0 spiro atoms. The highest BCUT2D eigenvalue weighted by molar-refractivity contribution is 6.03. The lowest BCUT2D eigenvalue weighted by Crippen LogP contribution is -2.43. The van der Waals surface area contributed by atoms with E-state index in [1.54, 1.807) is 0 Å². The lowest BCUT2D eigenvalue weighted by molar-refractivity contribution is -0.210. The Morgan fingerprint density at radius 3 is 0.833 bits per heavy atom. The van der Waals surface area contributed by atoms with E-state index in [4.69, 9.17) is 14.5 Å². The maximum atomic E-state index is 12.8. The van der Waals surface area contributed by atoms with Crippen LogP contribution in [0.4, 0.5) is 0 Å². The molecule has 3 heterocycles. The molecule has 192 valence electrons. The maximum absolute atomic E-state index is 12.8. The molecule has 4 fully saturated rings. The molecule has 6 amide bonds. The Kier molecular flexibility index (Phi) is 6.81. The van der Waals surface area contributed by atoms with Gasteiger partial charge in [0.2, 0.25) is 0 Å². The number of nitrogens with zero attached hydrogens (tertiary/aromatic N) is 3. The zero-order valence-electron chi connectivity index (χ0n) is 18.8. The normalized spacial score (nSPS) is 26.7. The average Bonchev–Trinajstić information content (AvgIpc) is 3.46. The van der Waals surface area contributed by atoms with Crippen LogP contribution in [0.1, 0.15) is 57.8 Å². The molecule has 3 aliphatic heterocycles. The zero-order valence-corrected chi connectivity index (χ0v) is 18.8. The van der Waals surface area contributed by atoms with E-state index in [0.29, 0.717) is 15.2 Å². The highest BCUT2D eigenvalue weighted by Crippen LogP contribution is 2.37. The van der Waals surface area contributed by atoms with E-state index in [9.17, 15) is 43.2 Å². The minimum absolute atomic E-state index is 0.142. The van der Waals surface area contributed by atoms with Crippen molar-refractivity contribution in [3.8, 4) is 0 Å². The van der Waals surface area contributed by atoms with Crippen LogP contribution in [0.25, 0.3) is 0 Å². The molecule has 1 saturated carbocycles. The summed E-state index contributed by atoms with van der Waals surface area (Å²) in [5.74, 6) is -11.2. The molecule has 4 rings (SSSR count). The molecule has 0 radical (unpaired) electrons. The zero-order chi connectivity index (χ0) is 26.1. The van der Waals surface area contributed by atoms with Gasteiger partial charge >= 0.3 is 17.9 Å². The van der Waals surface area contributed by atoms with Crippen molar-refractivity contribution in [3.05, 3.63) is 0 Å². The van der Waals surface area contributed by atoms with Crippen molar-refractivity contribution in [2.24, 2.45) is 17.8 Å². The van der Waals surface area contributed by atoms with Crippen molar-refractivity contribution in [1.29, 1.82) is 0 Å². The lowest BCUT2D eigenvalue weighted by Gasteiger charge is -2.32. The minimum atomic E-state index is -1.20. The Bertz CT molecular complexity index is 897. The molecule has 0 aromatic heterocycles. The Balaban J connectivity index is 1.49. The van der Waals surface area contributed by atoms with Crippen LogP contribution in [-0.4, -0.2) is 68.5 Å². The van der Waals surface area contributed by atoms with Crippen molar-refractivity contribution < 1.29 is 57.7 Å². The van der Waals surface area contributed by atoms with E-state index in [1.165, 1.54) is 0 Å². The summed E-state index contributed by atoms with van der Waals surface area (Å²) in [6, 6.07) is 0. The first-order chi connectivity index (χ1) is 17.0. The lowest BCUT2D eigenvalue weighted by atomic mass is 9.75. The number of carbonyl (C=O) groups excluding carboxylic acids is 9. The fraction of sp³-hybridized carbons (Fsp3) is 0.571. The van der Waals surface area contributed by atoms with E-state index in [1.807, 2.05) is 0 Å². The van der Waals surface area contributed by atoms with Crippen LogP contribution in [0, 0.1) is 17.8 Å². The van der Waals surface area contributed by atoms with Crippen LogP contribution in [0.2, 0.25) is 0 Å². The van der Waals surface area contributed by atoms with Crippen molar-refractivity contribution >= 4 is 53.4 Å². The number of hydrogen-bond acceptors (Lipinski definition) is 12. The topological polar surface area (TPSA) is 191 Å². The number of rotatable bonds is 6. The summed E-state index contributed by atoms with van der Waals surface area (Å²) in [6.45, 7) is 0. The largest absolute Gasteiger partial charge is 0.336 e. The van der Waals surface area contributed by atoms with Crippen LogP contribution < -0.4 is 0 Å². The van der Waals surface area contributed by atoms with Crippen LogP contribution in [-0.2, 0) is 57.7 Å². The second-order valence-corrected chi connectivity index (χ2v) is 8.77. The summed E-state index contributed by atoms with van der Waals surface area (Å²) >= 11 is 0. The third-order valence-corrected chi connectivity index (χ3v) is 6.27. The fourth-order valence-electron chi connectivity index (χ4n) is 4.36. The smallest absolute Gasteiger partial charge is 0.330 e. The molecular formula is C21H21N3O12. The van der Waals surface area contributed by atoms with Gasteiger partial charge in [-0.3, -0.25) is 28.8 Å². The summed E-state index contributed by atoms with van der Waals surface area (Å²) in [5, 5.41) is 0.960. The van der Waals surface area contributed by atoms with Gasteiger partial charge in [-0.2, -0.15) is 0 Å². The first-order valence-corrected chi connectivity index (χ1v) is 11.3. The SMILES string of the molecule is O=C(ON1C(=O)CCC1=O)C1CC(C(=O)ON2C(=O)CCC2=O)CC(C(=O)ON2C(=O)CCC2=O)C1. The van der Waals surface area contributed by atoms with E-state index < -0.39 is 71.1 Å². The van der Waals surface area contributed by atoms with Gasteiger partial charge in [0, 0.05) is 38.5 Å². The molecule has 0 aromatic rings. The Morgan fingerprint density at radius 2 is 0.639 bits per heavy atom. The highest BCUT2D eigenvalue weighted by Gasteiger charge is 2.46. The van der Waals surface area contributed by atoms with E-state index in [-0.39, 0.29) is 57.8 Å². The molecule has 4 aliphatic rings. The van der Waals surface area contributed by atoms with Crippen molar-refractivity contribution in [2.75, 3.05) is 0 Å². The molecule has 1 aliphatic carbocycles. The van der Waals surface area contributed by atoms with Gasteiger partial charge in [-0.15, -0.1) is 15.2 Å². The first kappa shape index (κ1) is 24.9. The predicted octanol–water partition coefficient (Wildman–Crippen LogP) is -1.16. The number of imide groups is 3. The Labute approximate surface area is 202 Å². The molecular weight excluding hydrogens is 486 g/mol. The fourth-order valence-corrected chi connectivity index (χ4v) is 4.36. The highest BCUT2D eigenvalue weighted by atomic mass is 16.7. The molecule has 0 aromatic carbocycles. The molecule has 36 heavy (non-hydrogen) atoms. The van der Waals surface area contributed by atoms with Crippen molar-refractivity contribution in [3.63, 3.8) is 0 Å². The van der Waals surface area contributed by atoms with Crippen LogP contribution in [0.5, 0.6) is 0 Å². The average molecular weight is 507 g/mol. The van der Waals surface area contributed by atoms with Gasteiger partial charge in [0.05, 0.1) is 17.8 Å². The first-order valence-electron chi connectivity index (χ1n) is 11.3. The minimum Gasteiger partial charge on any atom is -0.330 e. The molecule has 15 heteroatoms. The summed E-state index contributed by atoms with van der Waals surface area (Å²) in [5.41, 5.74) is 0. The van der Waals surface area contributed by atoms with Crippen LogP contribution >= 0.6 is 0 Å². The number of carbonyl (C=O) groups is 9. The number of hydrogen-bond donors (Lipinski definition) is 0. The van der Waals surface area contributed by atoms with Gasteiger partial charge < -0.3 is 14.5 Å². The molecule has 3 saturated heterocycles. The molecule has 0 N–H and O–H groups in total. The van der Waals surface area contributed by atoms with Crippen LogP contribution in [0.3, 0.4) is 0 Å². The molecule has 0 unspecified atom stereocenters. The van der Waals surface area contributed by atoms with Gasteiger partial charge in [0.1, 0.15) is 0 Å². The second kappa shape index (κ2) is 9.83. The molecule has 0 bridgehead atoms. The van der Waals surface area contributed by atoms with E-state index in [0.717, 1.165) is 0 Å². The van der Waals surface area contributed by atoms with Gasteiger partial charge in [-0.25, -0.2) is 14.4 Å². The van der Waals surface area contributed by atoms with E-state index >= 15 is 0 Å². The standard InChI is InChI=1S/C21H21N3O12/c25-13-1-2-14(26)22(13)34-19(31)10-7-11(20(32)35-23-15(27)3-4-16(23)28)9-12(8-10)21(33)36-24-17(29)5-6-18(24)30/h10-12H,1-9H2. The monoisotopic (exact) mass is 507 g/mol.